The molecule has 0 bridgehead atoms. The van der Waals surface area contributed by atoms with Crippen molar-refractivity contribution in [1.82, 2.24) is 0 Å². The molecule has 5 nitrogen and oxygen atoms in total. The zero-order valence-corrected chi connectivity index (χ0v) is 14.8. The molecule has 1 aliphatic rings. The van der Waals surface area contributed by atoms with Crippen molar-refractivity contribution in [2.45, 2.75) is 58.1 Å². The number of nitrogens with zero attached hydrogens (tertiary/aromatic N) is 1. The molecule has 1 heterocycles. The summed E-state index contributed by atoms with van der Waals surface area (Å²) in [5, 5.41) is 0. The van der Waals surface area contributed by atoms with Gasteiger partial charge in [-0.25, -0.2) is 4.79 Å². The molecule has 0 aliphatic carbocycles. The first kappa shape index (κ1) is 17.6. The van der Waals surface area contributed by atoms with Gasteiger partial charge in [0.15, 0.2) is 0 Å². The number of fused-ring (bicyclic) bond motifs is 1. The predicted octanol–water partition coefficient (Wildman–Crippen LogP) is 3.79. The van der Waals surface area contributed by atoms with Crippen molar-refractivity contribution in [3.63, 3.8) is 0 Å². The molecular formula is C18H28N2O3. The quantitative estimate of drug-likeness (QED) is 0.866. The highest BCUT2D eigenvalue weighted by molar-refractivity contribution is 5.91. The summed E-state index contributed by atoms with van der Waals surface area (Å²) in [6.45, 7) is 8.53. The molecule has 0 aromatic heterocycles. The Morgan fingerprint density at radius 1 is 1.30 bits per heavy atom. The van der Waals surface area contributed by atoms with E-state index < -0.39 is 5.60 Å². The number of nitrogens with two attached hydrogens (primary N) is 1. The van der Waals surface area contributed by atoms with Crippen LogP contribution in [0.25, 0.3) is 0 Å². The van der Waals surface area contributed by atoms with Crippen LogP contribution in [0.4, 0.5) is 10.5 Å². The Labute approximate surface area is 138 Å². The smallest absolute Gasteiger partial charge is 0.415 e. The fourth-order valence-electron chi connectivity index (χ4n) is 3.00. The molecule has 2 N–H and O–H groups in total. The van der Waals surface area contributed by atoms with Gasteiger partial charge in [-0.2, -0.15) is 0 Å². The van der Waals surface area contributed by atoms with Gasteiger partial charge in [0.25, 0.3) is 0 Å². The Hall–Kier alpha value is -1.75. The van der Waals surface area contributed by atoms with E-state index in [0.717, 1.165) is 29.8 Å². The Bertz CT molecular complexity index is 574. The summed E-state index contributed by atoms with van der Waals surface area (Å²) in [7, 11) is 1.64. The summed E-state index contributed by atoms with van der Waals surface area (Å²) in [6, 6.07) is 5.81. The summed E-state index contributed by atoms with van der Waals surface area (Å²) < 4.78 is 11.2. The summed E-state index contributed by atoms with van der Waals surface area (Å²) in [6.07, 6.45) is 1.85. The summed E-state index contributed by atoms with van der Waals surface area (Å²) in [4.78, 5) is 14.3. The average molecular weight is 320 g/mol. The predicted molar refractivity (Wildman–Crippen MR) is 92.0 cm³/mol. The van der Waals surface area contributed by atoms with Gasteiger partial charge in [-0.15, -0.1) is 0 Å². The molecule has 5 heteroatoms. The lowest BCUT2D eigenvalue weighted by atomic mass is 9.85. The second kappa shape index (κ2) is 6.40. The first-order chi connectivity index (χ1) is 10.8. The highest BCUT2D eigenvalue weighted by atomic mass is 16.6. The van der Waals surface area contributed by atoms with E-state index in [1.165, 1.54) is 0 Å². The number of ether oxygens (including phenoxy) is 2. The monoisotopic (exact) mass is 320 g/mol. The number of rotatable bonds is 6. The molecule has 0 fully saturated rings. The van der Waals surface area contributed by atoms with Gasteiger partial charge in [0, 0.05) is 17.6 Å². The number of amides is 1. The lowest BCUT2D eigenvalue weighted by Crippen LogP contribution is -2.48. The maximum Gasteiger partial charge on any atom is 0.415 e. The molecule has 0 saturated heterocycles. The zero-order chi connectivity index (χ0) is 17.3. The molecule has 1 aromatic rings. The summed E-state index contributed by atoms with van der Waals surface area (Å²) >= 11 is 0. The Kier molecular flexibility index (Phi) is 4.90. The number of methoxy groups -OCH3 is 1. The van der Waals surface area contributed by atoms with Crippen molar-refractivity contribution in [3.05, 3.63) is 23.8 Å². The van der Waals surface area contributed by atoms with Crippen molar-refractivity contribution >= 4 is 11.8 Å². The largest absolute Gasteiger partial charge is 0.497 e. The zero-order valence-electron chi connectivity index (χ0n) is 14.8. The SMILES string of the molecule is CCC1(CC)OC(=O)N(CCC(C)(C)N)c2ccc(OC)cc21. The van der Waals surface area contributed by atoms with E-state index in [1.807, 2.05) is 45.9 Å². The molecule has 1 amide bonds. The van der Waals surface area contributed by atoms with Crippen LogP contribution in [0.5, 0.6) is 5.75 Å². The summed E-state index contributed by atoms with van der Waals surface area (Å²) in [5.41, 5.74) is 7.06. The third kappa shape index (κ3) is 3.44. The van der Waals surface area contributed by atoms with Gasteiger partial charge in [0.1, 0.15) is 11.4 Å². The molecule has 128 valence electrons. The van der Waals surface area contributed by atoms with Crippen LogP contribution in [-0.2, 0) is 10.3 Å². The van der Waals surface area contributed by atoms with Crippen LogP contribution < -0.4 is 15.4 Å². The Morgan fingerprint density at radius 3 is 2.48 bits per heavy atom. The van der Waals surface area contributed by atoms with E-state index in [9.17, 15) is 4.79 Å². The van der Waals surface area contributed by atoms with Gasteiger partial charge in [0.2, 0.25) is 0 Å². The molecule has 0 unspecified atom stereocenters. The van der Waals surface area contributed by atoms with Crippen LogP contribution in [-0.4, -0.2) is 25.3 Å². The fourth-order valence-corrected chi connectivity index (χ4v) is 3.00. The lowest BCUT2D eigenvalue weighted by molar-refractivity contribution is -0.00142. The number of cyclic esters (lactones) is 1. The molecule has 0 atom stereocenters. The fraction of sp³-hybridized carbons (Fsp3) is 0.611. The standard InChI is InChI=1S/C18H28N2O3/c1-6-18(7-2)14-12-13(22-5)8-9-15(14)20(16(21)23-18)11-10-17(3,4)19/h8-9,12H,6-7,10-11,19H2,1-5H3. The maximum atomic E-state index is 12.6. The second-order valence-corrected chi connectivity index (χ2v) is 6.84. The average Bonchev–Trinajstić information content (AvgIpc) is 2.52. The number of benzene rings is 1. The Morgan fingerprint density at radius 2 is 1.96 bits per heavy atom. The van der Waals surface area contributed by atoms with Gasteiger partial charge >= 0.3 is 6.09 Å². The van der Waals surface area contributed by atoms with Crippen molar-refractivity contribution < 1.29 is 14.3 Å². The van der Waals surface area contributed by atoms with E-state index in [1.54, 1.807) is 12.0 Å². The highest BCUT2D eigenvalue weighted by Crippen LogP contribution is 2.45. The number of anilines is 1. The topological polar surface area (TPSA) is 64.8 Å². The molecule has 1 aliphatic heterocycles. The Balaban J connectivity index is 2.47. The number of hydrogen-bond donors (Lipinski definition) is 1. The second-order valence-electron chi connectivity index (χ2n) is 6.84. The molecule has 1 aromatic carbocycles. The highest BCUT2D eigenvalue weighted by Gasteiger charge is 2.43. The van der Waals surface area contributed by atoms with Crippen LogP contribution >= 0.6 is 0 Å². The molecular weight excluding hydrogens is 292 g/mol. The van der Waals surface area contributed by atoms with Crippen molar-refractivity contribution in [2.24, 2.45) is 5.73 Å². The van der Waals surface area contributed by atoms with E-state index >= 15 is 0 Å². The van der Waals surface area contributed by atoms with Crippen LogP contribution in [0.2, 0.25) is 0 Å². The number of carbonyl (C=O) groups excluding carboxylic acids is 1. The van der Waals surface area contributed by atoms with Gasteiger partial charge in [-0.3, -0.25) is 4.90 Å². The third-order valence-electron chi connectivity index (χ3n) is 4.61. The van der Waals surface area contributed by atoms with Crippen molar-refractivity contribution in [3.8, 4) is 5.75 Å². The molecule has 2 rings (SSSR count). The molecule has 0 saturated carbocycles. The minimum absolute atomic E-state index is 0.296. The van der Waals surface area contributed by atoms with Gasteiger partial charge in [-0.1, -0.05) is 13.8 Å². The molecule has 23 heavy (non-hydrogen) atoms. The molecule has 0 spiro atoms. The summed E-state index contributed by atoms with van der Waals surface area (Å²) in [5.74, 6) is 0.770. The van der Waals surface area contributed by atoms with Crippen molar-refractivity contribution in [1.29, 1.82) is 0 Å². The third-order valence-corrected chi connectivity index (χ3v) is 4.61. The minimum atomic E-state index is -0.588. The minimum Gasteiger partial charge on any atom is -0.497 e. The molecule has 0 radical (unpaired) electrons. The van der Waals surface area contributed by atoms with Crippen LogP contribution in [0.1, 0.15) is 52.5 Å². The normalized spacial score (nSPS) is 16.8. The lowest BCUT2D eigenvalue weighted by Gasteiger charge is -2.42. The van der Waals surface area contributed by atoms with Crippen molar-refractivity contribution in [2.75, 3.05) is 18.6 Å². The van der Waals surface area contributed by atoms with E-state index in [0.29, 0.717) is 13.0 Å². The maximum absolute atomic E-state index is 12.6. The first-order valence-corrected chi connectivity index (χ1v) is 8.24. The van der Waals surface area contributed by atoms with Crippen LogP contribution in [0, 0.1) is 0 Å². The van der Waals surface area contributed by atoms with E-state index in [4.69, 9.17) is 15.2 Å². The number of hydrogen-bond acceptors (Lipinski definition) is 4. The first-order valence-electron chi connectivity index (χ1n) is 8.24. The van der Waals surface area contributed by atoms with Crippen LogP contribution in [0.15, 0.2) is 18.2 Å². The van der Waals surface area contributed by atoms with Crippen LogP contribution in [0.3, 0.4) is 0 Å². The van der Waals surface area contributed by atoms with Gasteiger partial charge in [-0.05, 0) is 51.3 Å². The van der Waals surface area contributed by atoms with Gasteiger partial charge < -0.3 is 15.2 Å². The van der Waals surface area contributed by atoms with E-state index in [2.05, 4.69) is 0 Å². The van der Waals surface area contributed by atoms with E-state index in [-0.39, 0.29) is 11.6 Å². The van der Waals surface area contributed by atoms with Gasteiger partial charge in [0.05, 0.1) is 12.8 Å². The number of carbonyl (C=O) groups is 1.